The van der Waals surface area contributed by atoms with Crippen molar-refractivity contribution >= 4 is 24.1 Å². The van der Waals surface area contributed by atoms with Gasteiger partial charge >= 0.3 is 17.8 Å². The average molecular weight is 550 g/mol. The summed E-state index contributed by atoms with van der Waals surface area (Å²) < 4.78 is 30.3. The van der Waals surface area contributed by atoms with Crippen molar-refractivity contribution in [3.05, 3.63) is 35.5 Å². The highest BCUT2D eigenvalue weighted by Crippen LogP contribution is 2.42. The minimum atomic E-state index is -0.954. The predicted molar refractivity (Wildman–Crippen MR) is 142 cm³/mol. The van der Waals surface area contributed by atoms with E-state index in [2.05, 4.69) is 22.0 Å². The number of rotatable bonds is 9. The van der Waals surface area contributed by atoms with Gasteiger partial charge in [0, 0.05) is 18.6 Å². The van der Waals surface area contributed by atoms with Crippen molar-refractivity contribution in [3.63, 3.8) is 0 Å². The highest BCUT2D eigenvalue weighted by molar-refractivity contribution is 5.81. The lowest BCUT2D eigenvalue weighted by molar-refractivity contribution is -0.203. The number of hydrogen-bond acceptors (Lipinski definition) is 11. The summed E-state index contributed by atoms with van der Waals surface area (Å²) in [6.45, 7) is 17.5. The third-order valence-electron chi connectivity index (χ3n) is 5.84. The molecule has 2 aliphatic rings. The van der Waals surface area contributed by atoms with Gasteiger partial charge in [-0.2, -0.15) is 10.1 Å². The normalized spacial score (nSPS) is 24.8. The van der Waals surface area contributed by atoms with Gasteiger partial charge in [-0.1, -0.05) is 20.4 Å². The first-order chi connectivity index (χ1) is 18.2. The number of nitrogens with one attached hydrogen (secondary N) is 1. The van der Waals surface area contributed by atoms with E-state index in [0.29, 0.717) is 0 Å². The lowest BCUT2D eigenvalue weighted by Crippen LogP contribution is -2.48. The summed E-state index contributed by atoms with van der Waals surface area (Å²) in [5.41, 5.74) is -1.32. The van der Waals surface area contributed by atoms with E-state index in [0.717, 1.165) is 0 Å². The number of hydrazone groups is 1. The molecule has 1 N–H and O–H groups in total. The zero-order chi connectivity index (χ0) is 29.1. The van der Waals surface area contributed by atoms with Crippen molar-refractivity contribution in [2.75, 3.05) is 11.6 Å². The van der Waals surface area contributed by atoms with Crippen LogP contribution in [0.2, 0.25) is 0 Å². The fourth-order valence-electron chi connectivity index (χ4n) is 4.25. The molecular weight excluding hydrogens is 510 g/mol. The van der Waals surface area contributed by atoms with Gasteiger partial charge in [-0.25, -0.2) is 19.4 Å². The molecule has 216 valence electrons. The van der Waals surface area contributed by atoms with E-state index in [1.54, 1.807) is 67.7 Å². The molecule has 3 heterocycles. The Hall–Kier alpha value is -3.29. The number of alkyl carbamates (subject to hydrolysis) is 1. The number of anilines is 1. The molecule has 3 rings (SSSR count). The molecule has 13 heteroatoms. The van der Waals surface area contributed by atoms with Crippen molar-refractivity contribution in [2.24, 2.45) is 11.0 Å². The summed E-state index contributed by atoms with van der Waals surface area (Å²) >= 11 is 0. The number of fused-ring (bicyclic) bond motifs is 1. The Morgan fingerprint density at radius 2 is 1.97 bits per heavy atom. The van der Waals surface area contributed by atoms with Crippen LogP contribution in [0.3, 0.4) is 0 Å². The van der Waals surface area contributed by atoms with Gasteiger partial charge in [-0.3, -0.25) is 4.57 Å². The van der Waals surface area contributed by atoms with Crippen LogP contribution in [-0.4, -0.2) is 70.2 Å². The summed E-state index contributed by atoms with van der Waals surface area (Å²) in [6, 6.07) is 0.654. The topological polar surface area (TPSA) is 143 Å². The molecule has 0 spiro atoms. The van der Waals surface area contributed by atoms with Crippen molar-refractivity contribution in [3.8, 4) is 0 Å². The Morgan fingerprint density at radius 3 is 2.54 bits per heavy atom. The number of carbonyl (C=O) groups is 2. The molecule has 2 fully saturated rings. The Bertz CT molecular complexity index is 1140. The zero-order valence-corrected chi connectivity index (χ0v) is 23.7. The molecule has 13 nitrogen and oxygen atoms in total. The van der Waals surface area contributed by atoms with Crippen molar-refractivity contribution in [1.29, 1.82) is 0 Å². The van der Waals surface area contributed by atoms with Crippen molar-refractivity contribution < 1.29 is 33.3 Å². The first-order valence-corrected chi connectivity index (χ1v) is 12.8. The maximum atomic E-state index is 13.0. The largest absolute Gasteiger partial charge is 0.461 e. The Balaban J connectivity index is 1.76. The molecule has 0 unspecified atom stereocenters. The monoisotopic (exact) mass is 549 g/mol. The third-order valence-corrected chi connectivity index (χ3v) is 5.84. The molecule has 0 radical (unpaired) electrons. The van der Waals surface area contributed by atoms with E-state index < -0.39 is 59.7 Å². The van der Waals surface area contributed by atoms with Crippen LogP contribution in [0, 0.1) is 5.92 Å². The molecular formula is C26H39N5O8. The molecule has 1 amide bonds. The lowest BCUT2D eigenvalue weighted by atomic mass is 10.1. The summed E-state index contributed by atoms with van der Waals surface area (Å²) in [5, 5.41) is 8.02. The van der Waals surface area contributed by atoms with Crippen LogP contribution in [0.25, 0.3) is 0 Å². The van der Waals surface area contributed by atoms with Gasteiger partial charge in [0.15, 0.2) is 17.8 Å². The minimum Gasteiger partial charge on any atom is -0.461 e. The molecule has 2 aliphatic heterocycles. The highest BCUT2D eigenvalue weighted by atomic mass is 16.8. The number of amides is 1. The maximum Gasteiger partial charge on any atom is 0.408 e. The quantitative estimate of drug-likeness (QED) is 0.277. The summed E-state index contributed by atoms with van der Waals surface area (Å²) in [7, 11) is 0. The summed E-state index contributed by atoms with van der Waals surface area (Å²) in [4.78, 5) is 42.3. The fraction of sp³-hybridized carbons (Fsp3) is 0.654. The van der Waals surface area contributed by atoms with Crippen LogP contribution in [0.1, 0.15) is 61.6 Å². The van der Waals surface area contributed by atoms with Crippen LogP contribution in [0.4, 0.5) is 10.6 Å². The Labute approximate surface area is 228 Å². The molecule has 0 aromatic carbocycles. The van der Waals surface area contributed by atoms with Crippen molar-refractivity contribution in [1.82, 2.24) is 14.9 Å². The molecule has 1 aromatic rings. The molecule has 39 heavy (non-hydrogen) atoms. The van der Waals surface area contributed by atoms with E-state index in [4.69, 9.17) is 23.7 Å². The van der Waals surface area contributed by atoms with Gasteiger partial charge in [-0.05, 0) is 53.5 Å². The number of hydrogen-bond donors (Lipinski definition) is 1. The summed E-state index contributed by atoms with van der Waals surface area (Å²) in [5.74, 6) is -1.59. The SMILES string of the molecule is C=CN(/N=C\C)c1ccn([C@@H]2O[C@H](COC(=O)[C@@H](NC(=O)OC(C)(C)C)C(C)C)[C@H]3OC(C)(C)O[C@H]32)c(=O)n1. The maximum absolute atomic E-state index is 13.0. The van der Waals surface area contributed by atoms with E-state index >= 15 is 0 Å². The lowest BCUT2D eigenvalue weighted by Gasteiger charge is -2.26. The van der Waals surface area contributed by atoms with E-state index in [1.165, 1.54) is 22.0 Å². The zero-order valence-electron chi connectivity index (χ0n) is 23.7. The van der Waals surface area contributed by atoms with E-state index in [9.17, 15) is 14.4 Å². The molecule has 5 atom stereocenters. The molecule has 0 aliphatic carbocycles. The number of nitrogens with zero attached hydrogens (tertiary/aromatic N) is 4. The predicted octanol–water partition coefficient (Wildman–Crippen LogP) is 2.71. The highest BCUT2D eigenvalue weighted by Gasteiger charge is 2.56. The average Bonchev–Trinajstić information content (AvgIpc) is 3.31. The van der Waals surface area contributed by atoms with E-state index in [-0.39, 0.29) is 18.3 Å². The second-order valence-electron chi connectivity index (χ2n) is 11.0. The smallest absolute Gasteiger partial charge is 0.408 e. The second kappa shape index (κ2) is 11.8. The Morgan fingerprint density at radius 1 is 1.31 bits per heavy atom. The van der Waals surface area contributed by atoms with Gasteiger partial charge in [0.05, 0.1) is 0 Å². The molecule has 2 saturated heterocycles. The van der Waals surface area contributed by atoms with Crippen LogP contribution in [0.15, 0.2) is 34.9 Å². The number of aromatic nitrogens is 2. The van der Waals surface area contributed by atoms with Gasteiger partial charge in [-0.15, -0.1) is 0 Å². The molecule has 0 saturated carbocycles. The van der Waals surface area contributed by atoms with Crippen molar-refractivity contribution in [2.45, 2.75) is 97.4 Å². The van der Waals surface area contributed by atoms with Crippen LogP contribution >= 0.6 is 0 Å². The van der Waals surface area contributed by atoms with Gasteiger partial charge < -0.3 is 29.0 Å². The van der Waals surface area contributed by atoms with E-state index in [1.807, 2.05) is 0 Å². The van der Waals surface area contributed by atoms with Gasteiger partial charge in [0.25, 0.3) is 0 Å². The van der Waals surface area contributed by atoms with Gasteiger partial charge in [0.2, 0.25) is 0 Å². The number of esters is 1. The third kappa shape index (κ3) is 7.43. The molecule has 1 aromatic heterocycles. The minimum absolute atomic E-state index is 0.190. The standard InChI is InChI=1S/C26H39N5O8/c1-10-27-31(11-2)17-12-13-30(23(33)28-17)21-20-19(37-26(8,9)38-20)16(36-21)14-35-22(32)18(15(3)4)29-24(34)39-25(5,6)7/h10-13,15-16,18-21H,2,14H2,1,3-9H3,(H,29,34)/b27-10-/t16-,18+,19-,20-,21-/m1/s1. The molecule has 0 bridgehead atoms. The summed E-state index contributed by atoms with van der Waals surface area (Å²) in [6.07, 6.45) is 0.842. The number of ether oxygens (including phenoxy) is 5. The Kier molecular flexibility index (Phi) is 9.19. The first kappa shape index (κ1) is 30.3. The van der Waals surface area contributed by atoms with Crippen LogP contribution in [0.5, 0.6) is 0 Å². The van der Waals surface area contributed by atoms with Gasteiger partial charge in [0.1, 0.15) is 36.6 Å². The van der Waals surface area contributed by atoms with Crippen LogP contribution < -0.4 is 16.0 Å². The fourth-order valence-corrected chi connectivity index (χ4v) is 4.25. The number of carbonyl (C=O) groups excluding carboxylic acids is 2. The first-order valence-electron chi connectivity index (χ1n) is 12.8. The second-order valence-corrected chi connectivity index (χ2v) is 11.0. The van der Waals surface area contributed by atoms with Crippen LogP contribution in [-0.2, 0) is 28.5 Å².